The van der Waals surface area contributed by atoms with Crippen LogP contribution in [-0.4, -0.2) is 40.2 Å². The molecular formula is C18H22N6O. The Morgan fingerprint density at radius 2 is 1.92 bits per heavy atom. The number of hydrogen-bond donors (Lipinski definition) is 3. The molecule has 0 fully saturated rings. The van der Waals surface area contributed by atoms with Crippen molar-refractivity contribution in [3.05, 3.63) is 55.1 Å². The maximum atomic E-state index is 11.7. The van der Waals surface area contributed by atoms with Gasteiger partial charge in [-0.3, -0.25) is 0 Å². The lowest BCUT2D eigenvalue weighted by Crippen LogP contribution is -2.38. The van der Waals surface area contributed by atoms with E-state index in [4.69, 9.17) is 0 Å². The van der Waals surface area contributed by atoms with Gasteiger partial charge in [0.25, 0.3) is 0 Å². The third kappa shape index (κ3) is 5.20. The fourth-order valence-electron chi connectivity index (χ4n) is 2.48. The van der Waals surface area contributed by atoms with E-state index >= 15 is 0 Å². The summed E-state index contributed by atoms with van der Waals surface area (Å²) in [5.74, 6) is 0.807. The summed E-state index contributed by atoms with van der Waals surface area (Å²) in [5.41, 5.74) is 0.955. The van der Waals surface area contributed by atoms with E-state index in [0.29, 0.717) is 19.6 Å². The average molecular weight is 338 g/mol. The first-order valence-corrected chi connectivity index (χ1v) is 8.38. The zero-order valence-electron chi connectivity index (χ0n) is 14.0. The normalized spacial score (nSPS) is 10.6. The van der Waals surface area contributed by atoms with Crippen LogP contribution in [0.25, 0.3) is 10.9 Å². The minimum Gasteiger partial charge on any atom is -0.368 e. The summed E-state index contributed by atoms with van der Waals surface area (Å²) in [5, 5.41) is 9.99. The Morgan fingerprint density at radius 1 is 1.04 bits per heavy atom. The van der Waals surface area contributed by atoms with Crippen LogP contribution in [0.2, 0.25) is 0 Å². The number of aromatic nitrogens is 3. The van der Waals surface area contributed by atoms with Crippen molar-refractivity contribution >= 4 is 22.8 Å². The van der Waals surface area contributed by atoms with Crippen LogP contribution in [0.5, 0.6) is 0 Å². The van der Waals surface area contributed by atoms with E-state index in [1.165, 1.54) is 0 Å². The van der Waals surface area contributed by atoms with Gasteiger partial charge in [0.05, 0.1) is 11.8 Å². The number of anilines is 1. The number of benzene rings is 1. The highest BCUT2D eigenvalue weighted by atomic mass is 16.2. The molecular weight excluding hydrogens is 316 g/mol. The number of nitrogens with one attached hydrogen (secondary N) is 3. The van der Waals surface area contributed by atoms with Crippen molar-refractivity contribution < 1.29 is 4.79 Å². The molecule has 0 atom stereocenters. The summed E-state index contributed by atoms with van der Waals surface area (Å²) in [6.45, 7) is 2.62. The lowest BCUT2D eigenvalue weighted by atomic mass is 10.2. The van der Waals surface area contributed by atoms with Crippen molar-refractivity contribution in [3.8, 4) is 0 Å². The molecule has 130 valence electrons. The fourth-order valence-corrected chi connectivity index (χ4v) is 2.48. The second-order valence-corrected chi connectivity index (χ2v) is 5.65. The number of amides is 2. The molecule has 0 unspecified atom stereocenters. The Labute approximate surface area is 146 Å². The number of imidazole rings is 1. The van der Waals surface area contributed by atoms with Crippen LogP contribution in [0.4, 0.5) is 10.6 Å². The summed E-state index contributed by atoms with van der Waals surface area (Å²) < 4.78 is 1.99. The standard InChI is InChI=1S/C18H22N6O/c25-18(21-8-3-12-24-13-11-19-14-24)22-10-9-20-17-7-6-15-4-1-2-5-16(15)23-17/h1-2,4-7,11,13-14H,3,8-10,12H2,(H,20,23)(H2,21,22,25). The second kappa shape index (κ2) is 8.68. The smallest absolute Gasteiger partial charge is 0.314 e. The van der Waals surface area contributed by atoms with Crippen LogP contribution in [0, 0.1) is 0 Å². The molecule has 0 bridgehead atoms. The van der Waals surface area contributed by atoms with Gasteiger partial charge >= 0.3 is 6.03 Å². The van der Waals surface area contributed by atoms with Crippen LogP contribution in [0.1, 0.15) is 6.42 Å². The number of fused-ring (bicyclic) bond motifs is 1. The molecule has 0 saturated heterocycles. The Hall–Kier alpha value is -3.09. The van der Waals surface area contributed by atoms with Crippen LogP contribution in [0.3, 0.4) is 0 Å². The summed E-state index contributed by atoms with van der Waals surface area (Å²) in [6.07, 6.45) is 6.29. The maximum absolute atomic E-state index is 11.7. The number of pyridine rings is 1. The Kier molecular flexibility index (Phi) is 5.82. The number of nitrogens with zero attached hydrogens (tertiary/aromatic N) is 3. The van der Waals surface area contributed by atoms with E-state index in [1.807, 2.05) is 47.2 Å². The van der Waals surface area contributed by atoms with Crippen LogP contribution in [0.15, 0.2) is 55.1 Å². The molecule has 2 amide bonds. The highest BCUT2D eigenvalue weighted by molar-refractivity contribution is 5.80. The van der Waals surface area contributed by atoms with E-state index in [0.717, 1.165) is 29.7 Å². The fraction of sp³-hybridized carbons (Fsp3) is 0.278. The third-order valence-electron chi connectivity index (χ3n) is 3.75. The van der Waals surface area contributed by atoms with Gasteiger partial charge in [0.2, 0.25) is 0 Å². The summed E-state index contributed by atoms with van der Waals surface area (Å²) in [7, 11) is 0. The van der Waals surface area contributed by atoms with Gasteiger partial charge in [0, 0.05) is 44.0 Å². The highest BCUT2D eigenvalue weighted by Gasteiger charge is 2.00. The predicted octanol–water partition coefficient (Wildman–Crippen LogP) is 2.23. The quantitative estimate of drug-likeness (QED) is 0.550. The van der Waals surface area contributed by atoms with Gasteiger partial charge in [-0.2, -0.15) is 0 Å². The molecule has 0 saturated carbocycles. The first-order valence-electron chi connectivity index (χ1n) is 8.38. The topological polar surface area (TPSA) is 83.9 Å². The molecule has 2 heterocycles. The predicted molar refractivity (Wildman–Crippen MR) is 98.5 cm³/mol. The van der Waals surface area contributed by atoms with Crippen LogP contribution in [-0.2, 0) is 6.54 Å². The van der Waals surface area contributed by atoms with Gasteiger partial charge in [0.15, 0.2) is 0 Å². The van der Waals surface area contributed by atoms with Crippen molar-refractivity contribution in [2.75, 3.05) is 25.0 Å². The summed E-state index contributed by atoms with van der Waals surface area (Å²) >= 11 is 0. The SMILES string of the molecule is O=C(NCCCn1ccnc1)NCCNc1ccc2ccccc2n1. The number of carbonyl (C=O) groups is 1. The molecule has 2 aromatic heterocycles. The van der Waals surface area contributed by atoms with Crippen molar-refractivity contribution in [3.63, 3.8) is 0 Å². The lowest BCUT2D eigenvalue weighted by Gasteiger charge is -2.09. The molecule has 7 nitrogen and oxygen atoms in total. The van der Waals surface area contributed by atoms with Gasteiger partial charge in [-0.25, -0.2) is 14.8 Å². The van der Waals surface area contributed by atoms with Crippen molar-refractivity contribution in [2.24, 2.45) is 0 Å². The molecule has 25 heavy (non-hydrogen) atoms. The summed E-state index contributed by atoms with van der Waals surface area (Å²) in [6, 6.07) is 11.8. The van der Waals surface area contributed by atoms with E-state index in [2.05, 4.69) is 25.9 Å². The number of rotatable bonds is 8. The Bertz CT molecular complexity index is 802. The molecule has 0 radical (unpaired) electrons. The largest absolute Gasteiger partial charge is 0.368 e. The van der Waals surface area contributed by atoms with Gasteiger partial charge in [-0.05, 0) is 24.6 Å². The number of para-hydroxylation sites is 1. The molecule has 3 aromatic rings. The average Bonchev–Trinajstić information content (AvgIpc) is 3.16. The first-order chi connectivity index (χ1) is 12.3. The van der Waals surface area contributed by atoms with E-state index in [9.17, 15) is 4.79 Å². The number of carbonyl (C=O) groups excluding carboxylic acids is 1. The number of urea groups is 1. The van der Waals surface area contributed by atoms with Crippen molar-refractivity contribution in [2.45, 2.75) is 13.0 Å². The molecule has 0 aliphatic rings. The van der Waals surface area contributed by atoms with Gasteiger partial charge in [0.1, 0.15) is 5.82 Å². The van der Waals surface area contributed by atoms with Crippen molar-refractivity contribution in [1.82, 2.24) is 25.2 Å². The van der Waals surface area contributed by atoms with Gasteiger partial charge in [-0.1, -0.05) is 18.2 Å². The first kappa shape index (κ1) is 16.8. The molecule has 0 spiro atoms. The highest BCUT2D eigenvalue weighted by Crippen LogP contribution is 2.13. The van der Waals surface area contributed by atoms with Crippen LogP contribution >= 0.6 is 0 Å². The zero-order valence-corrected chi connectivity index (χ0v) is 14.0. The second-order valence-electron chi connectivity index (χ2n) is 5.65. The van der Waals surface area contributed by atoms with Crippen molar-refractivity contribution in [1.29, 1.82) is 0 Å². The van der Waals surface area contributed by atoms with E-state index < -0.39 is 0 Å². The number of aryl methyl sites for hydroxylation is 1. The summed E-state index contributed by atoms with van der Waals surface area (Å²) in [4.78, 5) is 20.2. The molecule has 1 aromatic carbocycles. The Balaban J connectivity index is 1.30. The van der Waals surface area contributed by atoms with E-state index in [1.54, 1.807) is 12.5 Å². The van der Waals surface area contributed by atoms with Crippen LogP contribution < -0.4 is 16.0 Å². The number of hydrogen-bond acceptors (Lipinski definition) is 4. The zero-order chi connectivity index (χ0) is 17.3. The van der Waals surface area contributed by atoms with E-state index in [-0.39, 0.29) is 6.03 Å². The van der Waals surface area contributed by atoms with Gasteiger partial charge < -0.3 is 20.5 Å². The molecule has 7 heteroatoms. The molecule has 3 N–H and O–H groups in total. The maximum Gasteiger partial charge on any atom is 0.314 e. The monoisotopic (exact) mass is 338 g/mol. The molecule has 0 aliphatic carbocycles. The third-order valence-corrected chi connectivity index (χ3v) is 3.75. The minimum absolute atomic E-state index is 0.154. The lowest BCUT2D eigenvalue weighted by molar-refractivity contribution is 0.241. The minimum atomic E-state index is -0.154. The molecule has 0 aliphatic heterocycles. The Morgan fingerprint density at radius 3 is 2.80 bits per heavy atom. The van der Waals surface area contributed by atoms with Gasteiger partial charge in [-0.15, -0.1) is 0 Å². The molecule has 3 rings (SSSR count).